The van der Waals surface area contributed by atoms with E-state index in [0.29, 0.717) is 19.0 Å². The van der Waals surface area contributed by atoms with Crippen LogP contribution >= 0.6 is 11.3 Å². The van der Waals surface area contributed by atoms with Crippen LogP contribution in [0.15, 0.2) is 6.20 Å². The van der Waals surface area contributed by atoms with Gasteiger partial charge in [-0.05, 0) is 31.6 Å². The Bertz CT molecular complexity index is 628. The summed E-state index contributed by atoms with van der Waals surface area (Å²) in [4.78, 5) is 15.2. The second kappa shape index (κ2) is 5.66. The van der Waals surface area contributed by atoms with Crippen molar-refractivity contribution in [2.75, 3.05) is 13.1 Å². The smallest absolute Gasteiger partial charge is 0.347 e. The van der Waals surface area contributed by atoms with Crippen molar-refractivity contribution in [2.24, 2.45) is 5.92 Å². The van der Waals surface area contributed by atoms with Crippen LogP contribution in [0.3, 0.4) is 0 Å². The molecule has 1 N–H and O–H groups in total. The molecule has 116 valence electrons. The Morgan fingerprint density at radius 1 is 1.33 bits per heavy atom. The van der Waals surface area contributed by atoms with Gasteiger partial charge in [-0.25, -0.2) is 22.5 Å². The van der Waals surface area contributed by atoms with E-state index < -0.39 is 16.0 Å². The lowest BCUT2D eigenvalue weighted by atomic mass is 9.95. The Balaban J connectivity index is 1.54. The van der Waals surface area contributed by atoms with E-state index in [1.165, 1.54) is 17.5 Å². The summed E-state index contributed by atoms with van der Waals surface area (Å²) in [6.45, 7) is 1.17. The predicted molar refractivity (Wildman–Crippen MR) is 79.0 cm³/mol. The highest BCUT2D eigenvalue weighted by molar-refractivity contribution is 7.90. The van der Waals surface area contributed by atoms with Gasteiger partial charge in [-0.1, -0.05) is 0 Å². The van der Waals surface area contributed by atoms with Crippen molar-refractivity contribution in [1.82, 2.24) is 9.29 Å². The van der Waals surface area contributed by atoms with E-state index >= 15 is 0 Å². The third kappa shape index (κ3) is 3.27. The average Bonchev–Trinajstić information content (AvgIpc) is 3.21. The van der Waals surface area contributed by atoms with Crippen LogP contribution in [-0.4, -0.2) is 47.1 Å². The Labute approximate surface area is 127 Å². The molecule has 0 spiro atoms. The topological polar surface area (TPSA) is 87.6 Å². The van der Waals surface area contributed by atoms with E-state index in [0.717, 1.165) is 37.1 Å². The molecule has 0 bridgehead atoms. The molecule has 1 aliphatic heterocycles. The van der Waals surface area contributed by atoms with Crippen LogP contribution in [0.4, 0.5) is 0 Å². The van der Waals surface area contributed by atoms with Crippen molar-refractivity contribution in [3.05, 3.63) is 16.1 Å². The fourth-order valence-corrected chi connectivity index (χ4v) is 5.44. The summed E-state index contributed by atoms with van der Waals surface area (Å²) in [6, 6.07) is 0. The van der Waals surface area contributed by atoms with Crippen molar-refractivity contribution in [3.8, 4) is 0 Å². The predicted octanol–water partition coefficient (Wildman–Crippen LogP) is 1.59. The number of aromatic carboxylic acids is 1. The second-order valence-electron chi connectivity index (χ2n) is 5.71. The molecule has 1 saturated carbocycles. The van der Waals surface area contributed by atoms with Crippen molar-refractivity contribution in [1.29, 1.82) is 0 Å². The molecule has 1 aromatic heterocycles. The van der Waals surface area contributed by atoms with Crippen LogP contribution in [0.2, 0.25) is 0 Å². The minimum absolute atomic E-state index is 0.133. The van der Waals surface area contributed by atoms with Crippen molar-refractivity contribution in [2.45, 2.75) is 37.4 Å². The first-order valence-electron chi connectivity index (χ1n) is 7.14. The van der Waals surface area contributed by atoms with Gasteiger partial charge in [-0.2, -0.15) is 0 Å². The third-order valence-electron chi connectivity index (χ3n) is 4.11. The summed E-state index contributed by atoms with van der Waals surface area (Å²) in [5.41, 5.74) is 0. The van der Waals surface area contributed by atoms with E-state index in [-0.39, 0.29) is 10.1 Å². The zero-order valence-corrected chi connectivity index (χ0v) is 13.2. The van der Waals surface area contributed by atoms with E-state index in [9.17, 15) is 13.2 Å². The Morgan fingerprint density at radius 2 is 2.00 bits per heavy atom. The van der Waals surface area contributed by atoms with Gasteiger partial charge < -0.3 is 5.11 Å². The molecule has 1 aliphatic carbocycles. The van der Waals surface area contributed by atoms with Gasteiger partial charge >= 0.3 is 5.97 Å². The van der Waals surface area contributed by atoms with Gasteiger partial charge in [0.25, 0.3) is 0 Å². The van der Waals surface area contributed by atoms with E-state index in [2.05, 4.69) is 4.98 Å². The quantitative estimate of drug-likeness (QED) is 0.886. The lowest BCUT2D eigenvalue weighted by Crippen LogP contribution is -2.40. The molecule has 21 heavy (non-hydrogen) atoms. The van der Waals surface area contributed by atoms with Gasteiger partial charge in [0.2, 0.25) is 10.0 Å². The number of aromatic nitrogens is 1. The Hall–Kier alpha value is -0.990. The minimum atomic E-state index is -3.05. The average molecular weight is 330 g/mol. The SMILES string of the molecule is O=C(O)c1cnc(CC2CCN(S(=O)(=O)C3CC3)CC2)s1. The Morgan fingerprint density at radius 3 is 2.52 bits per heavy atom. The normalized spacial score (nSPS) is 21.5. The molecule has 3 rings (SSSR count). The van der Waals surface area contributed by atoms with Crippen LogP contribution < -0.4 is 0 Å². The zero-order valence-electron chi connectivity index (χ0n) is 11.6. The summed E-state index contributed by atoms with van der Waals surface area (Å²) < 4.78 is 25.9. The second-order valence-corrected chi connectivity index (χ2v) is 9.04. The van der Waals surface area contributed by atoms with Crippen molar-refractivity contribution >= 4 is 27.3 Å². The van der Waals surface area contributed by atoms with Gasteiger partial charge in [0, 0.05) is 19.5 Å². The van der Waals surface area contributed by atoms with Crippen molar-refractivity contribution in [3.63, 3.8) is 0 Å². The first-order valence-corrected chi connectivity index (χ1v) is 9.46. The molecule has 0 atom stereocenters. The monoisotopic (exact) mass is 330 g/mol. The molecule has 0 amide bonds. The summed E-state index contributed by atoms with van der Waals surface area (Å²) in [5, 5.41) is 9.58. The molecular formula is C13H18N2O4S2. The van der Waals surface area contributed by atoms with Crippen LogP contribution in [0.25, 0.3) is 0 Å². The molecule has 8 heteroatoms. The maximum Gasteiger partial charge on any atom is 0.347 e. The fraction of sp³-hybridized carbons (Fsp3) is 0.692. The maximum atomic E-state index is 12.1. The number of carbonyl (C=O) groups is 1. The first-order chi connectivity index (χ1) is 9.96. The molecule has 0 aromatic carbocycles. The molecule has 1 saturated heterocycles. The van der Waals surface area contributed by atoms with E-state index in [1.807, 2.05) is 0 Å². The van der Waals surface area contributed by atoms with Crippen LogP contribution in [0, 0.1) is 5.92 Å². The molecule has 2 heterocycles. The van der Waals surface area contributed by atoms with Crippen molar-refractivity contribution < 1.29 is 18.3 Å². The number of carboxylic acids is 1. The zero-order chi connectivity index (χ0) is 15.0. The molecular weight excluding hydrogens is 312 g/mol. The number of hydrogen-bond donors (Lipinski definition) is 1. The molecule has 0 radical (unpaired) electrons. The summed E-state index contributed by atoms with van der Waals surface area (Å²) in [6.07, 6.45) is 5.41. The van der Waals surface area contributed by atoms with Crippen LogP contribution in [0.5, 0.6) is 0 Å². The molecule has 1 aromatic rings. The highest BCUT2D eigenvalue weighted by Gasteiger charge is 2.41. The number of nitrogens with zero attached hydrogens (tertiary/aromatic N) is 2. The Kier molecular flexibility index (Phi) is 4.02. The number of rotatable bonds is 5. The number of sulfonamides is 1. The number of piperidine rings is 1. The summed E-state index contributed by atoms with van der Waals surface area (Å²) >= 11 is 1.21. The minimum Gasteiger partial charge on any atom is -0.477 e. The van der Waals surface area contributed by atoms with Gasteiger partial charge in [-0.3, -0.25) is 0 Å². The maximum absolute atomic E-state index is 12.1. The molecule has 2 aliphatic rings. The fourth-order valence-electron chi connectivity index (χ4n) is 2.70. The highest BCUT2D eigenvalue weighted by Crippen LogP contribution is 2.33. The first kappa shape index (κ1) is 14.9. The molecule has 0 unspecified atom stereocenters. The number of thiazole rings is 1. The molecule has 6 nitrogen and oxygen atoms in total. The standard InChI is InChI=1S/C13H18N2O4S2/c16-13(17)11-8-14-12(20-11)7-9-3-5-15(6-4-9)21(18,19)10-1-2-10/h8-10H,1-7H2,(H,16,17). The largest absolute Gasteiger partial charge is 0.477 e. The van der Waals surface area contributed by atoms with Crippen LogP contribution in [0.1, 0.15) is 40.4 Å². The van der Waals surface area contributed by atoms with E-state index in [1.54, 1.807) is 4.31 Å². The lowest BCUT2D eigenvalue weighted by molar-refractivity contribution is 0.0702. The molecule has 2 fully saturated rings. The van der Waals surface area contributed by atoms with Gasteiger partial charge in [-0.15, -0.1) is 11.3 Å². The van der Waals surface area contributed by atoms with Gasteiger partial charge in [0.1, 0.15) is 4.88 Å². The van der Waals surface area contributed by atoms with Gasteiger partial charge in [0.05, 0.1) is 16.5 Å². The summed E-state index contributed by atoms with van der Waals surface area (Å²) in [5.74, 6) is -0.549. The number of hydrogen-bond acceptors (Lipinski definition) is 5. The lowest BCUT2D eigenvalue weighted by Gasteiger charge is -2.30. The third-order valence-corrected chi connectivity index (χ3v) is 7.51. The summed E-state index contributed by atoms with van der Waals surface area (Å²) in [7, 11) is -3.05. The highest BCUT2D eigenvalue weighted by atomic mass is 32.2. The number of carboxylic acid groups (broad SMARTS) is 1. The van der Waals surface area contributed by atoms with Gasteiger partial charge in [0.15, 0.2) is 0 Å². The van der Waals surface area contributed by atoms with E-state index in [4.69, 9.17) is 5.11 Å². The van der Waals surface area contributed by atoms with Crippen LogP contribution in [-0.2, 0) is 16.4 Å².